The first-order chi connectivity index (χ1) is 9.95. The van der Waals surface area contributed by atoms with Crippen molar-refractivity contribution >= 4 is 40.5 Å². The number of anilines is 1. The molecule has 0 fully saturated rings. The van der Waals surface area contributed by atoms with E-state index in [1.165, 1.54) is 18.2 Å². The molecule has 1 N–H and O–H groups in total. The number of halogens is 2. The van der Waals surface area contributed by atoms with Gasteiger partial charge in [0.2, 0.25) is 5.91 Å². The maximum absolute atomic E-state index is 11.9. The molecule has 0 aromatic heterocycles. The lowest BCUT2D eigenvalue weighted by Crippen LogP contribution is -2.14. The van der Waals surface area contributed by atoms with Gasteiger partial charge < -0.3 is 5.32 Å². The van der Waals surface area contributed by atoms with E-state index in [1.54, 1.807) is 24.3 Å². The van der Waals surface area contributed by atoms with Crippen molar-refractivity contribution in [1.29, 1.82) is 0 Å². The summed E-state index contributed by atoms with van der Waals surface area (Å²) in [6.45, 7) is 0. The van der Waals surface area contributed by atoms with Gasteiger partial charge >= 0.3 is 0 Å². The van der Waals surface area contributed by atoms with Gasteiger partial charge in [-0.15, -0.1) is 0 Å². The van der Waals surface area contributed by atoms with Crippen LogP contribution in [0.5, 0.6) is 0 Å². The second-order valence-electron chi connectivity index (χ2n) is 4.27. The van der Waals surface area contributed by atoms with E-state index in [1.807, 2.05) is 0 Å². The molecule has 2 aromatic carbocycles. The molecule has 0 aliphatic carbocycles. The lowest BCUT2D eigenvalue weighted by atomic mass is 10.1. The summed E-state index contributed by atoms with van der Waals surface area (Å²) in [6, 6.07) is 10.8. The molecular weight excluding hydrogens is 315 g/mol. The van der Waals surface area contributed by atoms with E-state index >= 15 is 0 Å². The molecule has 0 saturated heterocycles. The van der Waals surface area contributed by atoms with Crippen LogP contribution >= 0.6 is 23.2 Å². The van der Waals surface area contributed by atoms with Crippen LogP contribution in [-0.4, -0.2) is 10.8 Å². The normalized spacial score (nSPS) is 10.2. The fourth-order valence-corrected chi connectivity index (χ4v) is 2.05. The highest BCUT2D eigenvalue weighted by Gasteiger charge is 2.11. The van der Waals surface area contributed by atoms with Crippen LogP contribution in [0.15, 0.2) is 42.5 Å². The summed E-state index contributed by atoms with van der Waals surface area (Å²) in [7, 11) is 0. The van der Waals surface area contributed by atoms with Crippen molar-refractivity contribution in [3.63, 3.8) is 0 Å². The Bertz CT molecular complexity index is 687. The number of carbonyl (C=O) groups is 1. The van der Waals surface area contributed by atoms with E-state index in [9.17, 15) is 14.9 Å². The zero-order valence-electron chi connectivity index (χ0n) is 10.7. The van der Waals surface area contributed by atoms with Crippen molar-refractivity contribution in [2.24, 2.45) is 0 Å². The molecule has 1 amide bonds. The third-order valence-electron chi connectivity index (χ3n) is 2.72. The minimum absolute atomic E-state index is 0.119. The van der Waals surface area contributed by atoms with Crippen molar-refractivity contribution in [3.8, 4) is 0 Å². The standard InChI is InChI=1S/C14H10Cl2N2O3/c15-10-3-1-9(2-4-10)7-14(19)17-13-6-5-11(18(20)21)8-12(13)16/h1-6,8H,7H2,(H,17,19). The van der Waals surface area contributed by atoms with Gasteiger partial charge in [0.05, 0.1) is 22.1 Å². The first-order valence-electron chi connectivity index (χ1n) is 5.94. The number of non-ortho nitro benzene ring substituents is 1. The van der Waals surface area contributed by atoms with Crippen LogP contribution in [-0.2, 0) is 11.2 Å². The molecule has 21 heavy (non-hydrogen) atoms. The topological polar surface area (TPSA) is 72.2 Å². The summed E-state index contributed by atoms with van der Waals surface area (Å²) < 4.78 is 0. The molecule has 2 aromatic rings. The highest BCUT2D eigenvalue weighted by atomic mass is 35.5. The Kier molecular flexibility index (Phi) is 4.77. The number of hydrogen-bond donors (Lipinski definition) is 1. The molecule has 0 bridgehead atoms. The van der Waals surface area contributed by atoms with Gasteiger partial charge in [-0.1, -0.05) is 35.3 Å². The van der Waals surface area contributed by atoms with Gasteiger partial charge in [0.25, 0.3) is 5.69 Å². The lowest BCUT2D eigenvalue weighted by molar-refractivity contribution is -0.384. The molecule has 0 aliphatic heterocycles. The first-order valence-corrected chi connectivity index (χ1v) is 6.69. The Labute approximate surface area is 130 Å². The highest BCUT2D eigenvalue weighted by Crippen LogP contribution is 2.26. The summed E-state index contributed by atoms with van der Waals surface area (Å²) in [6.07, 6.45) is 0.157. The Morgan fingerprint density at radius 1 is 1.14 bits per heavy atom. The number of nitro groups is 1. The molecule has 108 valence electrons. The molecule has 0 radical (unpaired) electrons. The fourth-order valence-electron chi connectivity index (χ4n) is 1.70. The van der Waals surface area contributed by atoms with Crippen LogP contribution in [0, 0.1) is 10.1 Å². The number of nitrogens with zero attached hydrogens (tertiary/aromatic N) is 1. The lowest BCUT2D eigenvalue weighted by Gasteiger charge is -2.07. The van der Waals surface area contributed by atoms with Crippen molar-refractivity contribution in [2.45, 2.75) is 6.42 Å². The molecule has 5 nitrogen and oxygen atoms in total. The molecule has 0 aliphatic rings. The molecule has 0 spiro atoms. The number of nitrogens with one attached hydrogen (secondary N) is 1. The van der Waals surface area contributed by atoms with E-state index in [2.05, 4.69) is 5.32 Å². The van der Waals surface area contributed by atoms with Crippen LogP contribution < -0.4 is 5.32 Å². The molecule has 2 rings (SSSR count). The Morgan fingerprint density at radius 2 is 1.81 bits per heavy atom. The molecule has 0 atom stereocenters. The number of benzene rings is 2. The summed E-state index contributed by atoms with van der Waals surface area (Å²) in [4.78, 5) is 22.0. The maximum atomic E-state index is 11.9. The Morgan fingerprint density at radius 3 is 2.38 bits per heavy atom. The fraction of sp³-hybridized carbons (Fsp3) is 0.0714. The molecule has 7 heteroatoms. The highest BCUT2D eigenvalue weighted by molar-refractivity contribution is 6.34. The Balaban J connectivity index is 2.06. The predicted molar refractivity (Wildman–Crippen MR) is 81.9 cm³/mol. The zero-order valence-corrected chi connectivity index (χ0v) is 12.2. The quantitative estimate of drug-likeness (QED) is 0.680. The van der Waals surface area contributed by atoms with Crippen LogP contribution in [0.25, 0.3) is 0 Å². The maximum Gasteiger partial charge on any atom is 0.271 e. The second kappa shape index (κ2) is 6.56. The van der Waals surface area contributed by atoms with Gasteiger partial charge in [0, 0.05) is 17.2 Å². The first kappa shape index (κ1) is 15.3. The summed E-state index contributed by atoms with van der Waals surface area (Å²) in [5.74, 6) is -0.270. The predicted octanol–water partition coefficient (Wildman–Crippen LogP) is 4.08. The van der Waals surface area contributed by atoms with E-state index in [4.69, 9.17) is 23.2 Å². The summed E-state index contributed by atoms with van der Waals surface area (Å²) in [5.41, 5.74) is 1.01. The third-order valence-corrected chi connectivity index (χ3v) is 3.28. The van der Waals surface area contributed by atoms with Crippen LogP contribution in [0.2, 0.25) is 10.0 Å². The van der Waals surface area contributed by atoms with E-state index in [0.717, 1.165) is 5.56 Å². The molecular formula is C14H10Cl2N2O3. The average Bonchev–Trinajstić information content (AvgIpc) is 2.43. The number of amides is 1. The largest absolute Gasteiger partial charge is 0.324 e. The van der Waals surface area contributed by atoms with Crippen LogP contribution in [0.1, 0.15) is 5.56 Å². The minimum Gasteiger partial charge on any atom is -0.324 e. The summed E-state index contributed by atoms with van der Waals surface area (Å²) >= 11 is 11.7. The van der Waals surface area contributed by atoms with Gasteiger partial charge in [-0.05, 0) is 23.8 Å². The number of nitro benzene ring substituents is 1. The monoisotopic (exact) mass is 324 g/mol. The number of rotatable bonds is 4. The van der Waals surface area contributed by atoms with Crippen molar-refractivity contribution in [1.82, 2.24) is 0 Å². The zero-order chi connectivity index (χ0) is 15.4. The van der Waals surface area contributed by atoms with E-state index < -0.39 is 4.92 Å². The SMILES string of the molecule is O=C(Cc1ccc(Cl)cc1)Nc1ccc([N+](=O)[O-])cc1Cl. The van der Waals surface area contributed by atoms with Gasteiger partial charge in [0.1, 0.15) is 0 Å². The molecule has 0 heterocycles. The van der Waals surface area contributed by atoms with E-state index in [0.29, 0.717) is 10.7 Å². The second-order valence-corrected chi connectivity index (χ2v) is 5.12. The van der Waals surface area contributed by atoms with Crippen molar-refractivity contribution < 1.29 is 9.72 Å². The molecule has 0 unspecified atom stereocenters. The van der Waals surface area contributed by atoms with Crippen molar-refractivity contribution in [3.05, 3.63) is 68.2 Å². The van der Waals surface area contributed by atoms with E-state index in [-0.39, 0.29) is 23.0 Å². The van der Waals surface area contributed by atoms with Gasteiger partial charge in [-0.2, -0.15) is 0 Å². The minimum atomic E-state index is -0.550. The van der Waals surface area contributed by atoms with Crippen LogP contribution in [0.4, 0.5) is 11.4 Å². The average molecular weight is 325 g/mol. The van der Waals surface area contributed by atoms with Gasteiger partial charge in [-0.25, -0.2) is 0 Å². The van der Waals surface area contributed by atoms with Gasteiger partial charge in [-0.3, -0.25) is 14.9 Å². The Hall–Kier alpha value is -2.11. The molecule has 0 saturated carbocycles. The smallest absolute Gasteiger partial charge is 0.271 e. The summed E-state index contributed by atoms with van der Waals surface area (Å²) in [5, 5.41) is 13.9. The van der Waals surface area contributed by atoms with Gasteiger partial charge in [0.15, 0.2) is 0 Å². The number of hydrogen-bond acceptors (Lipinski definition) is 3. The number of carbonyl (C=O) groups excluding carboxylic acids is 1. The van der Waals surface area contributed by atoms with Crippen molar-refractivity contribution in [2.75, 3.05) is 5.32 Å². The van der Waals surface area contributed by atoms with Crippen LogP contribution in [0.3, 0.4) is 0 Å². The third kappa shape index (κ3) is 4.18.